The molecule has 0 saturated carbocycles. The molecule has 1 aliphatic rings. The third kappa shape index (κ3) is 4.23. The van der Waals surface area contributed by atoms with Crippen LogP contribution < -0.4 is 4.74 Å². The van der Waals surface area contributed by atoms with Gasteiger partial charge < -0.3 is 9.47 Å². The van der Waals surface area contributed by atoms with Crippen molar-refractivity contribution in [2.24, 2.45) is 0 Å². The van der Waals surface area contributed by atoms with Crippen molar-refractivity contribution in [3.8, 4) is 5.75 Å². The van der Waals surface area contributed by atoms with E-state index in [0.717, 1.165) is 37.9 Å². The molecular weight excluding hydrogens is 276 g/mol. The summed E-state index contributed by atoms with van der Waals surface area (Å²) >= 11 is 0. The first-order chi connectivity index (χ1) is 10.7. The zero-order valence-corrected chi connectivity index (χ0v) is 13.4. The number of allylic oxidation sites excluding steroid dienone is 2. The molecule has 0 saturated heterocycles. The van der Waals surface area contributed by atoms with Crippen molar-refractivity contribution in [1.29, 1.82) is 0 Å². The standard InChI is InChI=1S/C19H24O3/c1-3-4-6-13-19(14-7-5-8-15-19)22-18(20)16-9-11-17(21-2)12-10-16/h5,7-12,14H,3-4,6,13,15H2,1-2H3. The highest BCUT2D eigenvalue weighted by Gasteiger charge is 2.31. The summed E-state index contributed by atoms with van der Waals surface area (Å²) in [5.74, 6) is 0.453. The van der Waals surface area contributed by atoms with Crippen molar-refractivity contribution in [2.75, 3.05) is 7.11 Å². The van der Waals surface area contributed by atoms with Crippen molar-refractivity contribution in [3.05, 3.63) is 54.1 Å². The summed E-state index contributed by atoms with van der Waals surface area (Å²) in [6.07, 6.45) is 13.0. The maximum absolute atomic E-state index is 12.4. The van der Waals surface area contributed by atoms with Crippen LogP contribution in [0.3, 0.4) is 0 Å². The van der Waals surface area contributed by atoms with Gasteiger partial charge in [-0.2, -0.15) is 0 Å². The Labute approximate surface area is 132 Å². The van der Waals surface area contributed by atoms with Gasteiger partial charge in [0.15, 0.2) is 0 Å². The Hall–Kier alpha value is -2.03. The third-order valence-corrected chi connectivity index (χ3v) is 3.94. The van der Waals surface area contributed by atoms with Crippen molar-refractivity contribution in [1.82, 2.24) is 0 Å². The lowest BCUT2D eigenvalue weighted by atomic mass is 9.89. The summed E-state index contributed by atoms with van der Waals surface area (Å²) in [5, 5.41) is 0. The van der Waals surface area contributed by atoms with Gasteiger partial charge in [0.05, 0.1) is 12.7 Å². The minimum Gasteiger partial charge on any atom is -0.497 e. The van der Waals surface area contributed by atoms with Gasteiger partial charge in [-0.05, 0) is 43.2 Å². The molecule has 1 atom stereocenters. The van der Waals surface area contributed by atoms with E-state index in [1.807, 2.05) is 18.2 Å². The number of hydrogen-bond acceptors (Lipinski definition) is 3. The number of ether oxygens (including phenoxy) is 2. The smallest absolute Gasteiger partial charge is 0.339 e. The van der Waals surface area contributed by atoms with Gasteiger partial charge in [0.1, 0.15) is 11.4 Å². The highest BCUT2D eigenvalue weighted by Crippen LogP contribution is 2.30. The zero-order chi connectivity index (χ0) is 15.8. The van der Waals surface area contributed by atoms with Crippen molar-refractivity contribution in [2.45, 2.75) is 44.6 Å². The second-order valence-corrected chi connectivity index (χ2v) is 5.63. The summed E-state index contributed by atoms with van der Waals surface area (Å²) in [4.78, 5) is 12.4. The fourth-order valence-corrected chi connectivity index (χ4v) is 2.60. The number of carbonyl (C=O) groups excluding carboxylic acids is 1. The number of methoxy groups -OCH3 is 1. The van der Waals surface area contributed by atoms with Crippen LogP contribution in [0.5, 0.6) is 5.75 Å². The Morgan fingerprint density at radius 1 is 1.18 bits per heavy atom. The molecule has 0 spiro atoms. The predicted molar refractivity (Wildman–Crippen MR) is 88.2 cm³/mol. The normalized spacial score (nSPS) is 19.9. The summed E-state index contributed by atoms with van der Waals surface area (Å²) in [6.45, 7) is 2.17. The largest absolute Gasteiger partial charge is 0.497 e. The first-order valence-corrected chi connectivity index (χ1v) is 7.91. The number of rotatable bonds is 7. The average molecular weight is 300 g/mol. The molecule has 2 rings (SSSR count). The molecule has 0 fully saturated rings. The maximum Gasteiger partial charge on any atom is 0.339 e. The van der Waals surface area contributed by atoms with Crippen LogP contribution in [0.4, 0.5) is 0 Å². The van der Waals surface area contributed by atoms with E-state index < -0.39 is 5.60 Å². The molecular formula is C19H24O3. The molecule has 0 N–H and O–H groups in total. The molecule has 22 heavy (non-hydrogen) atoms. The number of esters is 1. The topological polar surface area (TPSA) is 35.5 Å². The number of hydrogen-bond donors (Lipinski definition) is 0. The van der Waals surface area contributed by atoms with Gasteiger partial charge in [-0.1, -0.05) is 38.0 Å². The minimum atomic E-state index is -0.499. The molecule has 1 aromatic carbocycles. The lowest BCUT2D eigenvalue weighted by Gasteiger charge is -2.31. The SMILES string of the molecule is CCCCCC1(OC(=O)c2ccc(OC)cc2)C=CC=CC1. The minimum absolute atomic E-state index is 0.279. The van der Waals surface area contributed by atoms with Gasteiger partial charge in [0.2, 0.25) is 0 Å². The molecule has 1 unspecified atom stereocenters. The Morgan fingerprint density at radius 2 is 1.95 bits per heavy atom. The molecule has 0 aromatic heterocycles. The van der Waals surface area contributed by atoms with Gasteiger partial charge in [0.25, 0.3) is 0 Å². The van der Waals surface area contributed by atoms with E-state index in [9.17, 15) is 4.79 Å². The highest BCUT2D eigenvalue weighted by molar-refractivity contribution is 5.90. The van der Waals surface area contributed by atoms with E-state index in [1.54, 1.807) is 31.4 Å². The Balaban J connectivity index is 2.07. The molecule has 3 nitrogen and oxygen atoms in total. The van der Waals surface area contributed by atoms with Crippen LogP contribution in [-0.4, -0.2) is 18.7 Å². The molecule has 3 heteroatoms. The summed E-state index contributed by atoms with van der Waals surface area (Å²) < 4.78 is 11.0. The Morgan fingerprint density at radius 3 is 2.55 bits per heavy atom. The molecule has 0 bridgehead atoms. The second-order valence-electron chi connectivity index (χ2n) is 5.63. The van der Waals surface area contributed by atoms with E-state index in [-0.39, 0.29) is 5.97 Å². The van der Waals surface area contributed by atoms with E-state index in [1.165, 1.54) is 0 Å². The summed E-state index contributed by atoms with van der Waals surface area (Å²) in [5.41, 5.74) is 0.0552. The zero-order valence-electron chi connectivity index (χ0n) is 13.4. The van der Waals surface area contributed by atoms with Crippen LogP contribution in [0.1, 0.15) is 49.4 Å². The van der Waals surface area contributed by atoms with Gasteiger partial charge in [-0.3, -0.25) is 0 Å². The molecule has 0 amide bonds. The van der Waals surface area contributed by atoms with Gasteiger partial charge >= 0.3 is 5.97 Å². The first-order valence-electron chi connectivity index (χ1n) is 7.91. The lowest BCUT2D eigenvalue weighted by Crippen LogP contribution is -2.33. The molecule has 1 aromatic rings. The van der Waals surface area contributed by atoms with E-state index >= 15 is 0 Å². The lowest BCUT2D eigenvalue weighted by molar-refractivity contribution is 0.000176. The fraction of sp³-hybridized carbons (Fsp3) is 0.421. The fourth-order valence-electron chi connectivity index (χ4n) is 2.60. The number of benzene rings is 1. The van der Waals surface area contributed by atoms with Crippen LogP contribution >= 0.6 is 0 Å². The molecule has 0 radical (unpaired) electrons. The number of carbonyl (C=O) groups is 1. The first kappa shape index (κ1) is 16.3. The van der Waals surface area contributed by atoms with Crippen LogP contribution in [0, 0.1) is 0 Å². The molecule has 0 heterocycles. The van der Waals surface area contributed by atoms with Gasteiger partial charge in [-0.25, -0.2) is 4.79 Å². The van der Waals surface area contributed by atoms with E-state index in [0.29, 0.717) is 5.56 Å². The third-order valence-electron chi connectivity index (χ3n) is 3.94. The van der Waals surface area contributed by atoms with Crippen molar-refractivity contribution in [3.63, 3.8) is 0 Å². The quantitative estimate of drug-likeness (QED) is 0.541. The highest BCUT2D eigenvalue weighted by atomic mass is 16.6. The average Bonchev–Trinajstić information content (AvgIpc) is 2.56. The van der Waals surface area contributed by atoms with Crippen LogP contribution in [0.25, 0.3) is 0 Å². The Bertz CT molecular complexity index is 542. The van der Waals surface area contributed by atoms with E-state index in [4.69, 9.17) is 9.47 Å². The molecule has 1 aliphatic carbocycles. The molecule has 118 valence electrons. The van der Waals surface area contributed by atoms with Crippen LogP contribution in [0.15, 0.2) is 48.6 Å². The van der Waals surface area contributed by atoms with Gasteiger partial charge in [-0.15, -0.1) is 0 Å². The summed E-state index contributed by atoms with van der Waals surface area (Å²) in [6, 6.07) is 7.03. The predicted octanol–water partition coefficient (Wildman–Crippen LogP) is 4.69. The van der Waals surface area contributed by atoms with Crippen molar-refractivity contribution < 1.29 is 14.3 Å². The maximum atomic E-state index is 12.4. The monoisotopic (exact) mass is 300 g/mol. The van der Waals surface area contributed by atoms with Gasteiger partial charge in [0, 0.05) is 6.42 Å². The second kappa shape index (κ2) is 7.83. The Kier molecular flexibility index (Phi) is 5.82. The van der Waals surface area contributed by atoms with E-state index in [2.05, 4.69) is 13.0 Å². The van der Waals surface area contributed by atoms with Crippen LogP contribution in [0.2, 0.25) is 0 Å². The number of unbranched alkanes of at least 4 members (excludes halogenated alkanes) is 2. The molecule has 0 aliphatic heterocycles. The summed E-state index contributed by atoms with van der Waals surface area (Å²) in [7, 11) is 1.61. The van der Waals surface area contributed by atoms with Crippen molar-refractivity contribution >= 4 is 5.97 Å². The van der Waals surface area contributed by atoms with Crippen LogP contribution in [-0.2, 0) is 4.74 Å².